The number of allylic oxidation sites excluding steroid dienone is 5. The van der Waals surface area contributed by atoms with Gasteiger partial charge in [-0.05, 0) is 51.4 Å². The van der Waals surface area contributed by atoms with E-state index in [4.69, 9.17) is 9.05 Å². The average molecular weight is 756 g/mol. The number of nitrogens with one attached hydrogen (secondary N) is 1. The van der Waals surface area contributed by atoms with E-state index in [-0.39, 0.29) is 19.1 Å². The number of amides is 1. The van der Waals surface area contributed by atoms with Gasteiger partial charge in [-0.25, -0.2) is 4.57 Å². The molecule has 0 bridgehead atoms. The second kappa shape index (κ2) is 35.4. The summed E-state index contributed by atoms with van der Waals surface area (Å²) >= 11 is 0. The highest BCUT2D eigenvalue weighted by Gasteiger charge is 2.27. The van der Waals surface area contributed by atoms with Gasteiger partial charge in [0.2, 0.25) is 5.91 Å². The van der Waals surface area contributed by atoms with Gasteiger partial charge in [0.1, 0.15) is 13.2 Å². The molecule has 0 aliphatic heterocycles. The van der Waals surface area contributed by atoms with E-state index in [0.717, 1.165) is 64.2 Å². The predicted octanol–water partition coefficient (Wildman–Crippen LogP) is 11.5. The van der Waals surface area contributed by atoms with Crippen molar-refractivity contribution in [1.29, 1.82) is 0 Å². The third-order valence-electron chi connectivity index (χ3n) is 9.31. The maximum Gasteiger partial charge on any atom is 0.472 e. The Morgan fingerprint density at radius 3 is 1.62 bits per heavy atom. The topological polar surface area (TPSA) is 105 Å². The number of aliphatic hydroxyl groups is 1. The first-order valence-electron chi connectivity index (χ1n) is 21.4. The average Bonchev–Trinajstić information content (AvgIpc) is 3.09. The van der Waals surface area contributed by atoms with E-state index in [1.807, 2.05) is 27.2 Å². The lowest BCUT2D eigenvalue weighted by molar-refractivity contribution is -0.870. The number of unbranched alkanes of at least 4 members (excludes halogenated alkanes) is 21. The van der Waals surface area contributed by atoms with E-state index in [9.17, 15) is 19.4 Å². The first-order valence-corrected chi connectivity index (χ1v) is 22.9. The van der Waals surface area contributed by atoms with Gasteiger partial charge in [-0.3, -0.25) is 13.8 Å². The molecule has 0 heterocycles. The van der Waals surface area contributed by atoms with E-state index in [1.165, 1.54) is 96.3 Å². The van der Waals surface area contributed by atoms with Gasteiger partial charge in [0.15, 0.2) is 0 Å². The summed E-state index contributed by atoms with van der Waals surface area (Å²) in [4.78, 5) is 23.0. The van der Waals surface area contributed by atoms with Gasteiger partial charge in [0.05, 0.1) is 39.9 Å². The number of carbonyl (C=O) groups excluding carboxylic acids is 1. The number of quaternary nitrogens is 1. The van der Waals surface area contributed by atoms with Crippen LogP contribution >= 0.6 is 7.82 Å². The molecule has 52 heavy (non-hydrogen) atoms. The molecule has 3 unspecified atom stereocenters. The third-order valence-corrected chi connectivity index (χ3v) is 10.3. The van der Waals surface area contributed by atoms with Crippen LogP contribution in [0.25, 0.3) is 0 Å². The molecule has 0 saturated heterocycles. The molecule has 8 nitrogen and oxygen atoms in total. The molecular formula is C43H84N2O6P+. The largest absolute Gasteiger partial charge is 0.472 e. The zero-order chi connectivity index (χ0) is 38.6. The maximum atomic E-state index is 12.8. The highest BCUT2D eigenvalue weighted by atomic mass is 31.2. The van der Waals surface area contributed by atoms with Crippen LogP contribution in [0.1, 0.15) is 181 Å². The van der Waals surface area contributed by atoms with Gasteiger partial charge < -0.3 is 19.8 Å². The van der Waals surface area contributed by atoms with Crippen LogP contribution in [-0.2, 0) is 18.4 Å². The number of likely N-dealkylation sites (N-methyl/N-ethyl adjacent to an activating group) is 1. The van der Waals surface area contributed by atoms with Crippen molar-refractivity contribution in [2.24, 2.45) is 0 Å². The van der Waals surface area contributed by atoms with Gasteiger partial charge in [-0.15, -0.1) is 0 Å². The van der Waals surface area contributed by atoms with Crippen molar-refractivity contribution in [1.82, 2.24) is 5.32 Å². The van der Waals surface area contributed by atoms with Gasteiger partial charge in [0.25, 0.3) is 0 Å². The van der Waals surface area contributed by atoms with Crippen LogP contribution in [0.15, 0.2) is 36.5 Å². The monoisotopic (exact) mass is 756 g/mol. The highest BCUT2D eigenvalue weighted by molar-refractivity contribution is 7.47. The molecule has 0 aromatic carbocycles. The standard InChI is InChI=1S/C43H83N2O6P/c1-6-8-10-12-14-16-18-19-20-21-22-23-24-25-26-27-28-30-32-34-36-42(46)41(40-51-52(48,49)50-39-38-45(3,4)5)44-43(47)37-35-33-31-29-17-15-13-11-9-7-2/h11,13,27-28,34,36,41-42,46H,6-10,12,14-26,29-33,35,37-40H2,1-5H3,(H-,44,47,48,49)/p+1/b13-11-,28-27+,36-34+. The Labute approximate surface area is 321 Å². The van der Waals surface area contributed by atoms with E-state index in [0.29, 0.717) is 17.4 Å². The molecule has 0 fully saturated rings. The highest BCUT2D eigenvalue weighted by Crippen LogP contribution is 2.43. The van der Waals surface area contributed by atoms with Crippen LogP contribution in [0.4, 0.5) is 0 Å². The lowest BCUT2D eigenvalue weighted by Gasteiger charge is -2.25. The Morgan fingerprint density at radius 1 is 0.635 bits per heavy atom. The number of hydrogen-bond donors (Lipinski definition) is 3. The second-order valence-electron chi connectivity index (χ2n) is 15.7. The summed E-state index contributed by atoms with van der Waals surface area (Å²) in [5.41, 5.74) is 0. The smallest absolute Gasteiger partial charge is 0.387 e. The normalized spacial score (nSPS) is 14.8. The molecule has 306 valence electrons. The second-order valence-corrected chi connectivity index (χ2v) is 17.2. The Morgan fingerprint density at radius 2 is 1.10 bits per heavy atom. The van der Waals surface area contributed by atoms with Crippen LogP contribution in [0.3, 0.4) is 0 Å². The molecule has 3 atom stereocenters. The molecule has 0 aromatic heterocycles. The predicted molar refractivity (Wildman–Crippen MR) is 221 cm³/mol. The molecular weight excluding hydrogens is 671 g/mol. The fourth-order valence-corrected chi connectivity index (χ4v) is 6.62. The van der Waals surface area contributed by atoms with Gasteiger partial charge in [0, 0.05) is 6.42 Å². The fourth-order valence-electron chi connectivity index (χ4n) is 5.88. The van der Waals surface area contributed by atoms with Crippen molar-refractivity contribution < 1.29 is 32.9 Å². The molecule has 9 heteroatoms. The van der Waals surface area contributed by atoms with Crippen molar-refractivity contribution in [3.63, 3.8) is 0 Å². The zero-order valence-corrected chi connectivity index (χ0v) is 35.4. The molecule has 3 N–H and O–H groups in total. The summed E-state index contributed by atoms with van der Waals surface area (Å²) in [6.45, 7) is 4.71. The van der Waals surface area contributed by atoms with Gasteiger partial charge in [-0.1, -0.05) is 159 Å². The molecule has 0 saturated carbocycles. The van der Waals surface area contributed by atoms with E-state index >= 15 is 0 Å². The SMILES string of the molecule is CCC/C=C\CCCCCCCC(=O)NC(COP(=O)(O)OCC[N+](C)(C)C)C(O)/C=C/CC/C=C/CCCCCCCCCCCCCCCC. The van der Waals surface area contributed by atoms with E-state index in [2.05, 4.69) is 43.5 Å². The quantitative estimate of drug-likeness (QED) is 0.0251. The Bertz CT molecular complexity index is 948. The molecule has 0 spiro atoms. The van der Waals surface area contributed by atoms with Crippen LogP contribution in [0.5, 0.6) is 0 Å². The zero-order valence-electron chi connectivity index (χ0n) is 34.5. The number of phosphoric ester groups is 1. The van der Waals surface area contributed by atoms with Gasteiger partial charge in [-0.2, -0.15) is 0 Å². The summed E-state index contributed by atoms with van der Waals surface area (Å²) in [6, 6.07) is -0.864. The minimum Gasteiger partial charge on any atom is -0.387 e. The minimum absolute atomic E-state index is 0.0543. The number of aliphatic hydroxyl groups excluding tert-OH is 1. The van der Waals surface area contributed by atoms with E-state index in [1.54, 1.807) is 6.08 Å². The number of nitrogens with zero attached hydrogens (tertiary/aromatic N) is 1. The molecule has 0 aliphatic carbocycles. The number of phosphoric acid groups is 1. The number of carbonyl (C=O) groups is 1. The number of hydrogen-bond acceptors (Lipinski definition) is 5. The third kappa shape index (κ3) is 37.1. The molecule has 0 aromatic rings. The summed E-state index contributed by atoms with van der Waals surface area (Å²) < 4.78 is 23.5. The van der Waals surface area contributed by atoms with Gasteiger partial charge >= 0.3 is 7.82 Å². The first-order chi connectivity index (χ1) is 25.0. The fraction of sp³-hybridized carbons (Fsp3) is 0.837. The van der Waals surface area contributed by atoms with Crippen LogP contribution in [0, 0.1) is 0 Å². The molecule has 0 aliphatic rings. The number of rotatable bonds is 38. The summed E-state index contributed by atoms with van der Waals surface area (Å²) in [5, 5.41) is 13.7. The maximum absolute atomic E-state index is 12.8. The lowest BCUT2D eigenvalue weighted by Crippen LogP contribution is -2.45. The molecule has 1 amide bonds. The Hall–Kier alpha value is -1.28. The van der Waals surface area contributed by atoms with Crippen molar-refractivity contribution in [2.75, 3.05) is 40.9 Å². The van der Waals surface area contributed by atoms with E-state index < -0.39 is 20.0 Å². The summed E-state index contributed by atoms with van der Waals surface area (Å²) in [6.07, 6.45) is 42.3. The van der Waals surface area contributed by atoms with Crippen molar-refractivity contribution in [3.05, 3.63) is 36.5 Å². The summed E-state index contributed by atoms with van der Waals surface area (Å²) in [7, 11) is 1.55. The first kappa shape index (κ1) is 50.7. The van der Waals surface area contributed by atoms with Crippen molar-refractivity contribution in [2.45, 2.75) is 193 Å². The van der Waals surface area contributed by atoms with Crippen LogP contribution in [0.2, 0.25) is 0 Å². The lowest BCUT2D eigenvalue weighted by atomic mass is 10.0. The molecule has 0 rings (SSSR count). The Kier molecular flexibility index (Phi) is 34.6. The van der Waals surface area contributed by atoms with Crippen molar-refractivity contribution >= 4 is 13.7 Å². The Balaban J connectivity index is 4.44. The minimum atomic E-state index is -4.34. The van der Waals surface area contributed by atoms with Crippen LogP contribution in [-0.4, -0.2) is 73.4 Å². The van der Waals surface area contributed by atoms with Crippen molar-refractivity contribution in [3.8, 4) is 0 Å². The van der Waals surface area contributed by atoms with Crippen LogP contribution < -0.4 is 5.32 Å². The molecule has 0 radical (unpaired) electrons. The summed E-state index contributed by atoms with van der Waals surface area (Å²) in [5.74, 6) is -0.200.